The monoisotopic (exact) mass is 364 g/mol. The molecule has 140 valence electrons. The minimum Gasteiger partial charge on any atom is -0.352 e. The van der Waals surface area contributed by atoms with Crippen molar-refractivity contribution in [3.8, 4) is 0 Å². The van der Waals surface area contributed by atoms with Crippen LogP contribution in [0, 0.1) is 6.92 Å². The van der Waals surface area contributed by atoms with Crippen LogP contribution in [0.3, 0.4) is 0 Å². The van der Waals surface area contributed by atoms with Gasteiger partial charge in [-0.3, -0.25) is 14.6 Å². The first-order chi connectivity index (χ1) is 13.1. The zero-order chi connectivity index (χ0) is 19.1. The third-order valence-corrected chi connectivity index (χ3v) is 4.66. The molecule has 1 aliphatic heterocycles. The van der Waals surface area contributed by atoms with Crippen molar-refractivity contribution < 1.29 is 9.59 Å². The van der Waals surface area contributed by atoms with Gasteiger partial charge in [-0.15, -0.1) is 0 Å². The van der Waals surface area contributed by atoms with E-state index in [-0.39, 0.29) is 11.8 Å². The van der Waals surface area contributed by atoms with Gasteiger partial charge in [0.1, 0.15) is 0 Å². The molecule has 0 saturated carbocycles. The Morgan fingerprint density at radius 1 is 1.22 bits per heavy atom. The van der Waals surface area contributed by atoms with Crippen molar-refractivity contribution >= 4 is 17.5 Å². The quantitative estimate of drug-likeness (QED) is 0.741. The summed E-state index contributed by atoms with van der Waals surface area (Å²) in [5.74, 6) is -0.105. The largest absolute Gasteiger partial charge is 0.352 e. The first-order valence-electron chi connectivity index (χ1n) is 9.27. The number of hydrazone groups is 1. The molecule has 0 atom stereocenters. The second-order valence-electron chi connectivity index (χ2n) is 6.69. The molecule has 0 unspecified atom stereocenters. The molecule has 0 spiro atoms. The van der Waals surface area contributed by atoms with Gasteiger partial charge in [0.2, 0.25) is 5.91 Å². The summed E-state index contributed by atoms with van der Waals surface area (Å²) in [6.45, 7) is 2.76. The van der Waals surface area contributed by atoms with E-state index in [9.17, 15) is 9.59 Å². The number of unbranched alkanes of at least 4 members (excludes halogenated alkanes) is 1. The van der Waals surface area contributed by atoms with Gasteiger partial charge in [0.05, 0.1) is 11.3 Å². The highest BCUT2D eigenvalue weighted by atomic mass is 16.2. The van der Waals surface area contributed by atoms with Gasteiger partial charge in [-0.1, -0.05) is 12.1 Å². The van der Waals surface area contributed by atoms with Gasteiger partial charge < -0.3 is 5.32 Å². The Morgan fingerprint density at radius 2 is 2.11 bits per heavy atom. The minimum atomic E-state index is -0.0796. The topological polar surface area (TPSA) is 83.5 Å². The van der Waals surface area contributed by atoms with Gasteiger partial charge in [-0.05, 0) is 61.1 Å². The molecule has 0 saturated heterocycles. The van der Waals surface area contributed by atoms with Gasteiger partial charge >= 0.3 is 0 Å². The normalized spacial score (nSPS) is 13.7. The van der Waals surface area contributed by atoms with Crippen LogP contribution in [0.5, 0.6) is 0 Å². The smallest absolute Gasteiger partial charge is 0.252 e. The first kappa shape index (κ1) is 18.8. The van der Waals surface area contributed by atoms with Crippen molar-refractivity contribution in [2.75, 3.05) is 6.54 Å². The lowest BCUT2D eigenvalue weighted by Crippen LogP contribution is -2.26. The third kappa shape index (κ3) is 5.23. The predicted molar refractivity (Wildman–Crippen MR) is 105 cm³/mol. The first-order valence-corrected chi connectivity index (χ1v) is 9.27. The molecule has 0 aliphatic carbocycles. The zero-order valence-electron chi connectivity index (χ0n) is 15.5. The Balaban J connectivity index is 1.45. The number of hydrogen-bond donors (Lipinski definition) is 2. The number of nitrogens with zero attached hydrogens (tertiary/aromatic N) is 2. The highest BCUT2D eigenvalue weighted by Crippen LogP contribution is 2.17. The molecule has 0 bridgehead atoms. The fourth-order valence-electron chi connectivity index (χ4n) is 3.08. The predicted octanol–water partition coefficient (Wildman–Crippen LogP) is 2.76. The summed E-state index contributed by atoms with van der Waals surface area (Å²) in [6, 6.07) is 9.86. The van der Waals surface area contributed by atoms with Crippen LogP contribution in [0.25, 0.3) is 0 Å². The summed E-state index contributed by atoms with van der Waals surface area (Å²) in [5, 5.41) is 7.08. The number of nitrogens with one attached hydrogen (secondary N) is 2. The Hall–Kier alpha value is -3.02. The van der Waals surface area contributed by atoms with Crippen molar-refractivity contribution in [3.63, 3.8) is 0 Å². The maximum Gasteiger partial charge on any atom is 0.252 e. The fraction of sp³-hybridized carbons (Fsp3) is 0.333. The van der Waals surface area contributed by atoms with E-state index in [0.717, 1.165) is 30.5 Å². The van der Waals surface area contributed by atoms with Gasteiger partial charge in [0, 0.05) is 31.8 Å². The summed E-state index contributed by atoms with van der Waals surface area (Å²) >= 11 is 0. The minimum absolute atomic E-state index is 0.0253. The van der Waals surface area contributed by atoms with E-state index in [1.807, 2.05) is 0 Å². The Labute approximate surface area is 159 Å². The number of benzene rings is 1. The Bertz CT molecular complexity index is 847. The molecule has 1 aliphatic rings. The number of rotatable bonds is 7. The molecule has 2 heterocycles. The van der Waals surface area contributed by atoms with Crippen molar-refractivity contribution in [1.82, 2.24) is 15.7 Å². The van der Waals surface area contributed by atoms with Crippen molar-refractivity contribution in [2.45, 2.75) is 39.0 Å². The molecule has 6 nitrogen and oxygen atoms in total. The molecular weight excluding hydrogens is 340 g/mol. The molecule has 6 heteroatoms. The van der Waals surface area contributed by atoms with Crippen molar-refractivity contribution in [2.24, 2.45) is 5.10 Å². The molecule has 1 aromatic heterocycles. The second kappa shape index (κ2) is 9.07. The van der Waals surface area contributed by atoms with E-state index in [2.05, 4.69) is 46.0 Å². The van der Waals surface area contributed by atoms with E-state index in [1.165, 1.54) is 11.1 Å². The Morgan fingerprint density at radius 3 is 2.81 bits per heavy atom. The maximum atomic E-state index is 12.0. The molecule has 2 N–H and O–H groups in total. The van der Waals surface area contributed by atoms with Crippen molar-refractivity contribution in [1.29, 1.82) is 0 Å². The van der Waals surface area contributed by atoms with E-state index in [1.54, 1.807) is 24.5 Å². The standard InChI is InChI=1S/C21H24N4O2/c1-15-13-17(19-9-10-20(26)25-24-19)8-7-16(15)5-2-3-12-23-21(27)18-6-4-11-22-14-18/h4,6-8,11,13-14H,2-3,5,9-10,12H2,1H3,(H,23,27)(H,25,26). The number of aromatic nitrogens is 1. The molecule has 27 heavy (non-hydrogen) atoms. The molecule has 3 rings (SSSR count). The van der Waals surface area contributed by atoms with E-state index in [0.29, 0.717) is 24.9 Å². The van der Waals surface area contributed by atoms with Gasteiger partial charge in [0.15, 0.2) is 0 Å². The number of pyridine rings is 1. The van der Waals surface area contributed by atoms with Crippen LogP contribution in [0.2, 0.25) is 0 Å². The molecular formula is C21H24N4O2. The van der Waals surface area contributed by atoms with E-state index in [4.69, 9.17) is 0 Å². The molecule has 2 aromatic rings. The fourth-order valence-corrected chi connectivity index (χ4v) is 3.08. The number of aryl methyl sites for hydroxylation is 2. The maximum absolute atomic E-state index is 12.0. The van der Waals surface area contributed by atoms with Crippen LogP contribution in [0.4, 0.5) is 0 Å². The third-order valence-electron chi connectivity index (χ3n) is 4.66. The van der Waals surface area contributed by atoms with Gasteiger partial charge in [-0.25, -0.2) is 5.43 Å². The van der Waals surface area contributed by atoms with Crippen LogP contribution >= 0.6 is 0 Å². The highest BCUT2D eigenvalue weighted by molar-refractivity contribution is 6.04. The van der Waals surface area contributed by atoms with Crippen molar-refractivity contribution in [3.05, 3.63) is 65.0 Å². The van der Waals surface area contributed by atoms with Crippen LogP contribution < -0.4 is 10.7 Å². The van der Waals surface area contributed by atoms with Crippen LogP contribution in [-0.4, -0.2) is 29.1 Å². The van der Waals surface area contributed by atoms with Crippen LogP contribution in [0.1, 0.15) is 52.7 Å². The number of carbonyl (C=O) groups is 2. The van der Waals surface area contributed by atoms with E-state index >= 15 is 0 Å². The second-order valence-corrected chi connectivity index (χ2v) is 6.69. The zero-order valence-corrected chi connectivity index (χ0v) is 15.5. The van der Waals surface area contributed by atoms with Gasteiger partial charge in [-0.2, -0.15) is 5.10 Å². The number of carbonyl (C=O) groups excluding carboxylic acids is 2. The highest BCUT2D eigenvalue weighted by Gasteiger charge is 2.14. The lowest BCUT2D eigenvalue weighted by molar-refractivity contribution is -0.121. The molecule has 1 aromatic carbocycles. The SMILES string of the molecule is Cc1cc(C2=NNC(=O)CC2)ccc1CCCCNC(=O)c1cccnc1. The summed E-state index contributed by atoms with van der Waals surface area (Å²) in [6.07, 6.45) is 7.30. The average Bonchev–Trinajstić information content (AvgIpc) is 2.70. The molecule has 2 amide bonds. The van der Waals surface area contributed by atoms with Crippen LogP contribution in [0.15, 0.2) is 47.8 Å². The summed E-state index contributed by atoms with van der Waals surface area (Å²) < 4.78 is 0. The molecule has 0 radical (unpaired) electrons. The summed E-state index contributed by atoms with van der Waals surface area (Å²) in [5.41, 5.74) is 7.67. The average molecular weight is 364 g/mol. The lowest BCUT2D eigenvalue weighted by atomic mass is 9.96. The summed E-state index contributed by atoms with van der Waals surface area (Å²) in [4.78, 5) is 27.1. The van der Waals surface area contributed by atoms with E-state index < -0.39 is 0 Å². The number of amides is 2. The van der Waals surface area contributed by atoms with Crippen LogP contribution in [-0.2, 0) is 11.2 Å². The lowest BCUT2D eigenvalue weighted by Gasteiger charge is -2.14. The van der Waals surface area contributed by atoms with Gasteiger partial charge in [0.25, 0.3) is 5.91 Å². The summed E-state index contributed by atoms with van der Waals surface area (Å²) in [7, 11) is 0. The number of hydrogen-bond acceptors (Lipinski definition) is 4. The Kier molecular flexibility index (Phi) is 6.30. The molecule has 0 fully saturated rings.